The van der Waals surface area contributed by atoms with Crippen molar-refractivity contribution in [2.45, 2.75) is 51.2 Å². The molecule has 2 aromatic rings. The number of nitrogens with one attached hydrogen (secondary N) is 1. The molecular formula is C21H28N2O4. The lowest BCUT2D eigenvalue weighted by Gasteiger charge is -2.38. The molecule has 1 aromatic carbocycles. The molecule has 0 saturated heterocycles. The van der Waals surface area contributed by atoms with Gasteiger partial charge < -0.3 is 19.7 Å². The number of ether oxygens (including phenoxy) is 1. The van der Waals surface area contributed by atoms with Crippen LogP contribution in [0.5, 0.6) is 5.75 Å². The first kappa shape index (κ1) is 19.4. The number of carbonyl (C=O) groups excluding carboxylic acids is 1. The molecule has 0 aliphatic heterocycles. The number of aromatic amines is 1. The molecule has 3 unspecified atom stereocenters. The van der Waals surface area contributed by atoms with E-state index >= 15 is 0 Å². The van der Waals surface area contributed by atoms with Crippen molar-refractivity contribution in [3.63, 3.8) is 0 Å². The second-order valence-corrected chi connectivity index (χ2v) is 7.58. The van der Waals surface area contributed by atoms with E-state index in [4.69, 9.17) is 4.74 Å². The number of fused-ring (bicyclic) bond motifs is 1. The zero-order valence-corrected chi connectivity index (χ0v) is 16.0. The molecule has 27 heavy (non-hydrogen) atoms. The number of benzene rings is 1. The lowest BCUT2D eigenvalue weighted by molar-refractivity contribution is -0.136. The number of aromatic nitrogens is 1. The van der Waals surface area contributed by atoms with Gasteiger partial charge in [-0.3, -0.25) is 9.59 Å². The van der Waals surface area contributed by atoms with Crippen LogP contribution < -0.4 is 10.3 Å². The van der Waals surface area contributed by atoms with Crippen LogP contribution >= 0.6 is 0 Å². The Morgan fingerprint density at radius 1 is 1.30 bits per heavy atom. The van der Waals surface area contributed by atoms with Gasteiger partial charge >= 0.3 is 0 Å². The monoisotopic (exact) mass is 372 g/mol. The van der Waals surface area contributed by atoms with Crippen LogP contribution in [-0.4, -0.2) is 46.7 Å². The molecule has 6 heteroatoms. The van der Waals surface area contributed by atoms with Gasteiger partial charge in [-0.1, -0.05) is 6.92 Å². The first-order chi connectivity index (χ1) is 12.9. The Morgan fingerprint density at radius 3 is 2.93 bits per heavy atom. The van der Waals surface area contributed by atoms with E-state index in [0.29, 0.717) is 31.1 Å². The SMILES string of the molecule is CC1CCC(O)C(N(C)C(=O)CCCOc2ccc3[nH]c(=O)ccc3c2)C1. The lowest BCUT2D eigenvalue weighted by Crippen LogP contribution is -2.47. The van der Waals surface area contributed by atoms with E-state index in [1.165, 1.54) is 6.07 Å². The van der Waals surface area contributed by atoms with Crippen LogP contribution in [0.25, 0.3) is 10.9 Å². The van der Waals surface area contributed by atoms with Crippen LogP contribution in [0.15, 0.2) is 35.1 Å². The Hall–Kier alpha value is -2.34. The van der Waals surface area contributed by atoms with Gasteiger partial charge in [0.2, 0.25) is 11.5 Å². The third-order valence-corrected chi connectivity index (χ3v) is 5.43. The van der Waals surface area contributed by atoms with Crippen LogP contribution in [0.2, 0.25) is 0 Å². The van der Waals surface area contributed by atoms with Crippen molar-refractivity contribution in [3.05, 3.63) is 40.7 Å². The van der Waals surface area contributed by atoms with Crippen molar-refractivity contribution in [2.24, 2.45) is 5.92 Å². The molecule has 0 radical (unpaired) electrons. The minimum absolute atomic E-state index is 0.0489. The number of rotatable bonds is 6. The number of aliphatic hydroxyl groups is 1. The highest BCUT2D eigenvalue weighted by Crippen LogP contribution is 2.27. The summed E-state index contributed by atoms with van der Waals surface area (Å²) in [6.07, 6.45) is 3.24. The quantitative estimate of drug-likeness (QED) is 0.764. The smallest absolute Gasteiger partial charge is 0.248 e. The van der Waals surface area contributed by atoms with Gasteiger partial charge in [0.05, 0.1) is 18.8 Å². The van der Waals surface area contributed by atoms with Crippen molar-refractivity contribution in [2.75, 3.05) is 13.7 Å². The van der Waals surface area contributed by atoms with Crippen molar-refractivity contribution < 1.29 is 14.6 Å². The number of nitrogens with zero attached hydrogens (tertiary/aromatic N) is 1. The summed E-state index contributed by atoms with van der Waals surface area (Å²) in [7, 11) is 1.79. The highest BCUT2D eigenvalue weighted by molar-refractivity contribution is 5.79. The van der Waals surface area contributed by atoms with E-state index in [0.717, 1.165) is 30.2 Å². The fraction of sp³-hybridized carbons (Fsp3) is 0.524. The van der Waals surface area contributed by atoms with Crippen molar-refractivity contribution in [1.82, 2.24) is 9.88 Å². The van der Waals surface area contributed by atoms with Crippen LogP contribution in [-0.2, 0) is 4.79 Å². The van der Waals surface area contributed by atoms with E-state index in [1.807, 2.05) is 18.2 Å². The highest BCUT2D eigenvalue weighted by Gasteiger charge is 2.31. The average molecular weight is 372 g/mol. The highest BCUT2D eigenvalue weighted by atomic mass is 16.5. The number of hydrogen-bond donors (Lipinski definition) is 2. The Labute approximate surface area is 159 Å². The molecule has 146 valence electrons. The largest absolute Gasteiger partial charge is 0.494 e. The summed E-state index contributed by atoms with van der Waals surface area (Å²) in [4.78, 5) is 28.2. The third kappa shape index (κ3) is 4.89. The van der Waals surface area contributed by atoms with Crippen molar-refractivity contribution in [3.8, 4) is 5.75 Å². The average Bonchev–Trinajstić information content (AvgIpc) is 2.66. The molecule has 0 bridgehead atoms. The maximum absolute atomic E-state index is 12.4. The minimum atomic E-state index is -0.421. The summed E-state index contributed by atoms with van der Waals surface area (Å²) in [5.74, 6) is 1.31. The molecule has 1 saturated carbocycles. The van der Waals surface area contributed by atoms with E-state index in [9.17, 15) is 14.7 Å². The molecule has 2 N–H and O–H groups in total. The molecule has 1 aliphatic rings. The number of amides is 1. The molecule has 1 aromatic heterocycles. The lowest BCUT2D eigenvalue weighted by atomic mass is 9.84. The fourth-order valence-corrected chi connectivity index (χ4v) is 3.75. The van der Waals surface area contributed by atoms with Gasteiger partial charge in [-0.25, -0.2) is 0 Å². The van der Waals surface area contributed by atoms with Gasteiger partial charge in [0.1, 0.15) is 5.75 Å². The molecule has 1 heterocycles. The van der Waals surface area contributed by atoms with Gasteiger partial charge in [0, 0.05) is 30.4 Å². The summed E-state index contributed by atoms with van der Waals surface area (Å²) in [6, 6.07) is 8.67. The first-order valence-electron chi connectivity index (χ1n) is 9.63. The third-order valence-electron chi connectivity index (χ3n) is 5.43. The second-order valence-electron chi connectivity index (χ2n) is 7.58. The van der Waals surface area contributed by atoms with Crippen LogP contribution in [0, 0.1) is 5.92 Å². The first-order valence-corrected chi connectivity index (χ1v) is 9.63. The molecule has 0 spiro atoms. The van der Waals surface area contributed by atoms with Gasteiger partial charge in [-0.2, -0.15) is 0 Å². The van der Waals surface area contributed by atoms with Gasteiger partial charge in [-0.15, -0.1) is 0 Å². The van der Waals surface area contributed by atoms with Crippen molar-refractivity contribution in [1.29, 1.82) is 0 Å². The maximum Gasteiger partial charge on any atom is 0.248 e. The predicted octanol–water partition coefficient (Wildman–Crippen LogP) is 2.70. The summed E-state index contributed by atoms with van der Waals surface area (Å²) < 4.78 is 5.75. The van der Waals surface area contributed by atoms with Gasteiger partial charge in [0.25, 0.3) is 0 Å². The van der Waals surface area contributed by atoms with Crippen LogP contribution in [0.1, 0.15) is 39.0 Å². The molecule has 3 rings (SSSR count). The number of hydrogen-bond acceptors (Lipinski definition) is 4. The zero-order valence-electron chi connectivity index (χ0n) is 16.0. The number of pyridine rings is 1. The standard InChI is InChI=1S/C21H28N2O4/c1-14-5-9-19(24)18(12-14)23(2)21(26)4-3-11-27-16-7-8-17-15(13-16)6-10-20(25)22-17/h6-8,10,13-14,18-19,24H,3-5,9,11-12H2,1-2H3,(H,22,25). The summed E-state index contributed by atoms with van der Waals surface area (Å²) in [5.41, 5.74) is 0.642. The van der Waals surface area contributed by atoms with E-state index < -0.39 is 6.10 Å². The van der Waals surface area contributed by atoms with Crippen LogP contribution in [0.4, 0.5) is 0 Å². The Balaban J connectivity index is 1.47. The number of likely N-dealkylation sites (N-methyl/N-ethyl adjacent to an activating group) is 1. The maximum atomic E-state index is 12.4. The molecule has 1 aliphatic carbocycles. The Morgan fingerprint density at radius 2 is 2.11 bits per heavy atom. The number of aliphatic hydroxyl groups excluding tert-OH is 1. The van der Waals surface area contributed by atoms with Gasteiger partial charge in [-0.05, 0) is 55.9 Å². The van der Waals surface area contributed by atoms with Gasteiger partial charge in [0.15, 0.2) is 0 Å². The Bertz CT molecular complexity index is 847. The fourth-order valence-electron chi connectivity index (χ4n) is 3.75. The van der Waals surface area contributed by atoms with E-state index in [1.54, 1.807) is 18.0 Å². The van der Waals surface area contributed by atoms with E-state index in [-0.39, 0.29) is 17.5 Å². The molecule has 1 amide bonds. The number of H-pyrrole nitrogens is 1. The molecule has 6 nitrogen and oxygen atoms in total. The topological polar surface area (TPSA) is 82.6 Å². The zero-order chi connectivity index (χ0) is 19.4. The molecular weight excluding hydrogens is 344 g/mol. The van der Waals surface area contributed by atoms with E-state index in [2.05, 4.69) is 11.9 Å². The summed E-state index contributed by atoms with van der Waals surface area (Å²) in [5, 5.41) is 11.1. The van der Waals surface area contributed by atoms with Crippen LogP contribution in [0.3, 0.4) is 0 Å². The molecule has 1 fully saturated rings. The normalized spacial score (nSPS) is 22.6. The second kappa shape index (κ2) is 8.57. The Kier molecular flexibility index (Phi) is 6.16. The summed E-state index contributed by atoms with van der Waals surface area (Å²) >= 11 is 0. The predicted molar refractivity (Wildman–Crippen MR) is 105 cm³/mol. The summed E-state index contributed by atoms with van der Waals surface area (Å²) in [6.45, 7) is 2.61. The van der Waals surface area contributed by atoms with Crippen molar-refractivity contribution >= 4 is 16.8 Å². The minimum Gasteiger partial charge on any atom is -0.494 e. The number of carbonyl (C=O) groups is 1. The molecule has 3 atom stereocenters.